The highest BCUT2D eigenvalue weighted by atomic mass is 16.5. The molecule has 0 rings (SSSR count). The van der Waals surface area contributed by atoms with E-state index in [9.17, 15) is 4.79 Å². The normalized spacial score (nSPS) is 15.3. The van der Waals surface area contributed by atoms with Crippen molar-refractivity contribution in [2.24, 2.45) is 0 Å². The van der Waals surface area contributed by atoms with Gasteiger partial charge in [0.2, 0.25) is 0 Å². The number of rotatable bonds is 5. The van der Waals surface area contributed by atoms with Crippen LogP contribution in [0.15, 0.2) is 0 Å². The molecule has 0 aliphatic carbocycles. The lowest BCUT2D eigenvalue weighted by atomic mass is 9.92. The molecular formula is C9H19NO2. The zero-order valence-electron chi connectivity index (χ0n) is 8.44. The molecule has 0 amide bonds. The van der Waals surface area contributed by atoms with Crippen LogP contribution in [-0.2, 0) is 9.53 Å². The minimum Gasteiger partial charge on any atom is -0.469 e. The van der Waals surface area contributed by atoms with Crippen LogP contribution in [0, 0.1) is 0 Å². The maximum atomic E-state index is 11.0. The second-order valence-corrected chi connectivity index (χ2v) is 3.31. The number of carbonyl (C=O) groups excluding carboxylic acids is 1. The molecule has 0 aromatic carbocycles. The first kappa shape index (κ1) is 11.4. The Balaban J connectivity index is 4.03. The van der Waals surface area contributed by atoms with E-state index in [-0.39, 0.29) is 11.5 Å². The summed E-state index contributed by atoms with van der Waals surface area (Å²) in [5.41, 5.74) is -0.109. The van der Waals surface area contributed by atoms with Crippen molar-refractivity contribution in [3.63, 3.8) is 0 Å². The third kappa shape index (κ3) is 3.72. The Labute approximate surface area is 74.5 Å². The van der Waals surface area contributed by atoms with Gasteiger partial charge in [-0.1, -0.05) is 13.3 Å². The van der Waals surface area contributed by atoms with Gasteiger partial charge >= 0.3 is 5.97 Å². The van der Waals surface area contributed by atoms with Gasteiger partial charge in [-0.15, -0.1) is 0 Å². The first-order valence-corrected chi connectivity index (χ1v) is 4.33. The highest BCUT2D eigenvalue weighted by Crippen LogP contribution is 2.16. The van der Waals surface area contributed by atoms with Crippen LogP contribution >= 0.6 is 0 Å². The van der Waals surface area contributed by atoms with Gasteiger partial charge in [0.1, 0.15) is 0 Å². The molecule has 0 radical (unpaired) electrons. The monoisotopic (exact) mass is 173 g/mol. The summed E-state index contributed by atoms with van der Waals surface area (Å²) in [6, 6.07) is 0. The third-order valence-electron chi connectivity index (χ3n) is 2.17. The van der Waals surface area contributed by atoms with Crippen LogP contribution in [0.3, 0.4) is 0 Å². The Hall–Kier alpha value is -0.570. The van der Waals surface area contributed by atoms with E-state index in [2.05, 4.69) is 17.0 Å². The molecule has 0 saturated heterocycles. The molecule has 0 aliphatic rings. The van der Waals surface area contributed by atoms with Crippen molar-refractivity contribution in [1.29, 1.82) is 0 Å². The average Bonchev–Trinajstić information content (AvgIpc) is 2.05. The summed E-state index contributed by atoms with van der Waals surface area (Å²) in [5.74, 6) is -0.152. The molecule has 1 N–H and O–H groups in total. The number of methoxy groups -OCH3 is 1. The number of hydrogen-bond donors (Lipinski definition) is 1. The van der Waals surface area contributed by atoms with Crippen molar-refractivity contribution in [3.8, 4) is 0 Å². The minimum atomic E-state index is -0.152. The Kier molecular flexibility index (Phi) is 4.90. The number of nitrogens with one attached hydrogen (secondary N) is 1. The summed E-state index contributed by atoms with van der Waals surface area (Å²) in [7, 11) is 3.29. The molecule has 0 aromatic heterocycles. The smallest absolute Gasteiger partial charge is 0.307 e. The Morgan fingerprint density at radius 2 is 2.17 bits per heavy atom. The first-order chi connectivity index (χ1) is 5.58. The van der Waals surface area contributed by atoms with E-state index < -0.39 is 0 Å². The van der Waals surface area contributed by atoms with E-state index in [4.69, 9.17) is 0 Å². The maximum absolute atomic E-state index is 11.0. The molecule has 0 heterocycles. The van der Waals surface area contributed by atoms with E-state index in [1.165, 1.54) is 7.11 Å². The van der Waals surface area contributed by atoms with Crippen molar-refractivity contribution in [2.45, 2.75) is 38.6 Å². The predicted molar refractivity (Wildman–Crippen MR) is 49.0 cm³/mol. The van der Waals surface area contributed by atoms with Crippen LogP contribution in [0.1, 0.15) is 33.1 Å². The minimum absolute atomic E-state index is 0.109. The molecule has 0 saturated carbocycles. The van der Waals surface area contributed by atoms with Crippen molar-refractivity contribution in [3.05, 3.63) is 0 Å². The number of ether oxygens (including phenoxy) is 1. The first-order valence-electron chi connectivity index (χ1n) is 4.33. The van der Waals surface area contributed by atoms with Crippen molar-refractivity contribution >= 4 is 5.97 Å². The van der Waals surface area contributed by atoms with Gasteiger partial charge in [0.05, 0.1) is 13.5 Å². The van der Waals surface area contributed by atoms with Crippen LogP contribution in [0.5, 0.6) is 0 Å². The lowest BCUT2D eigenvalue weighted by Crippen LogP contribution is -2.41. The standard InChI is InChI=1S/C9H19NO2/c1-5-6-9(2,10-3)7-8(11)12-4/h10H,5-7H2,1-4H3. The molecule has 3 heteroatoms. The van der Waals surface area contributed by atoms with Crippen molar-refractivity contribution in [1.82, 2.24) is 5.32 Å². The summed E-state index contributed by atoms with van der Waals surface area (Å²) in [6.45, 7) is 4.14. The van der Waals surface area contributed by atoms with E-state index in [0.717, 1.165) is 12.8 Å². The van der Waals surface area contributed by atoms with Gasteiger partial charge in [-0.25, -0.2) is 0 Å². The summed E-state index contributed by atoms with van der Waals surface area (Å²) in [4.78, 5) is 11.0. The Bertz CT molecular complexity index is 147. The fourth-order valence-corrected chi connectivity index (χ4v) is 1.24. The average molecular weight is 173 g/mol. The fraction of sp³-hybridized carbons (Fsp3) is 0.889. The van der Waals surface area contributed by atoms with Crippen LogP contribution in [-0.4, -0.2) is 25.7 Å². The molecular weight excluding hydrogens is 154 g/mol. The van der Waals surface area contributed by atoms with Crippen LogP contribution < -0.4 is 5.32 Å². The number of esters is 1. The topological polar surface area (TPSA) is 38.3 Å². The highest BCUT2D eigenvalue weighted by molar-refractivity contribution is 5.70. The molecule has 1 atom stereocenters. The molecule has 0 spiro atoms. The van der Waals surface area contributed by atoms with Gasteiger partial charge in [0, 0.05) is 5.54 Å². The van der Waals surface area contributed by atoms with E-state index in [1.54, 1.807) is 0 Å². The Morgan fingerprint density at radius 1 is 1.58 bits per heavy atom. The highest BCUT2D eigenvalue weighted by Gasteiger charge is 2.24. The van der Waals surface area contributed by atoms with Crippen LogP contribution in [0.4, 0.5) is 0 Å². The van der Waals surface area contributed by atoms with E-state index in [0.29, 0.717) is 6.42 Å². The molecule has 3 nitrogen and oxygen atoms in total. The van der Waals surface area contributed by atoms with Gasteiger partial charge in [0.25, 0.3) is 0 Å². The SMILES string of the molecule is CCCC(C)(CC(=O)OC)NC. The molecule has 0 aliphatic heterocycles. The molecule has 0 fully saturated rings. The molecule has 1 unspecified atom stereocenters. The summed E-state index contributed by atoms with van der Waals surface area (Å²) in [5, 5.41) is 3.14. The second-order valence-electron chi connectivity index (χ2n) is 3.31. The summed E-state index contributed by atoms with van der Waals surface area (Å²) >= 11 is 0. The zero-order valence-corrected chi connectivity index (χ0v) is 8.44. The Morgan fingerprint density at radius 3 is 2.50 bits per heavy atom. The lowest BCUT2D eigenvalue weighted by Gasteiger charge is -2.27. The van der Waals surface area contributed by atoms with Crippen LogP contribution in [0.25, 0.3) is 0 Å². The lowest BCUT2D eigenvalue weighted by molar-refractivity contribution is -0.142. The molecule has 0 aromatic rings. The second kappa shape index (κ2) is 5.14. The summed E-state index contributed by atoms with van der Waals surface area (Å²) in [6.07, 6.45) is 2.49. The number of carbonyl (C=O) groups is 1. The van der Waals surface area contributed by atoms with Gasteiger partial charge < -0.3 is 10.1 Å². The largest absolute Gasteiger partial charge is 0.469 e. The van der Waals surface area contributed by atoms with Gasteiger partial charge in [-0.05, 0) is 20.4 Å². The summed E-state index contributed by atoms with van der Waals surface area (Å²) < 4.78 is 4.62. The van der Waals surface area contributed by atoms with Crippen LogP contribution in [0.2, 0.25) is 0 Å². The zero-order chi connectivity index (χ0) is 9.61. The van der Waals surface area contributed by atoms with Crippen molar-refractivity contribution < 1.29 is 9.53 Å². The number of hydrogen-bond acceptors (Lipinski definition) is 3. The molecule has 0 bridgehead atoms. The van der Waals surface area contributed by atoms with Gasteiger partial charge in [-0.2, -0.15) is 0 Å². The predicted octanol–water partition coefficient (Wildman–Crippen LogP) is 1.33. The molecule has 12 heavy (non-hydrogen) atoms. The maximum Gasteiger partial charge on any atom is 0.307 e. The van der Waals surface area contributed by atoms with E-state index >= 15 is 0 Å². The fourth-order valence-electron chi connectivity index (χ4n) is 1.24. The van der Waals surface area contributed by atoms with Gasteiger partial charge in [0.15, 0.2) is 0 Å². The molecule has 72 valence electrons. The van der Waals surface area contributed by atoms with Gasteiger partial charge in [-0.3, -0.25) is 4.79 Å². The quantitative estimate of drug-likeness (QED) is 0.637. The van der Waals surface area contributed by atoms with Crippen molar-refractivity contribution in [2.75, 3.05) is 14.2 Å². The van der Waals surface area contributed by atoms with E-state index in [1.807, 2.05) is 14.0 Å². The third-order valence-corrected chi connectivity index (χ3v) is 2.17.